The molecule has 7 heteroatoms. The molecular weight excluding hydrogens is 449 g/mol. The van der Waals surface area contributed by atoms with Gasteiger partial charge in [0.1, 0.15) is 17.7 Å². The van der Waals surface area contributed by atoms with Gasteiger partial charge in [0.2, 0.25) is 5.91 Å². The van der Waals surface area contributed by atoms with Gasteiger partial charge in [-0.2, -0.15) is 0 Å². The topological polar surface area (TPSA) is 73.9 Å². The molecule has 0 saturated carbocycles. The number of nitrogens with one attached hydrogen (secondary N) is 1. The van der Waals surface area contributed by atoms with Crippen molar-refractivity contribution in [2.24, 2.45) is 0 Å². The SMILES string of the molecule is COc1ccc(CC(=O)NC[C@@H]2Cc3cc(C)cc(-c4cc(C(C)=O)ccc4F)c3O2)cc1OC. The molecule has 0 saturated heterocycles. The van der Waals surface area contributed by atoms with Crippen molar-refractivity contribution in [1.29, 1.82) is 0 Å². The van der Waals surface area contributed by atoms with Gasteiger partial charge in [-0.25, -0.2) is 4.39 Å². The van der Waals surface area contributed by atoms with Crippen LogP contribution in [0.3, 0.4) is 0 Å². The van der Waals surface area contributed by atoms with Crippen molar-refractivity contribution < 1.29 is 28.2 Å². The van der Waals surface area contributed by atoms with Gasteiger partial charge in [0.25, 0.3) is 0 Å². The number of aryl methyl sites for hydroxylation is 1. The zero-order valence-corrected chi connectivity index (χ0v) is 20.2. The molecule has 1 heterocycles. The monoisotopic (exact) mass is 477 g/mol. The van der Waals surface area contributed by atoms with E-state index in [0.29, 0.717) is 46.9 Å². The third kappa shape index (κ3) is 5.29. The summed E-state index contributed by atoms with van der Waals surface area (Å²) in [4.78, 5) is 24.4. The zero-order chi connectivity index (χ0) is 25.1. The molecule has 0 bridgehead atoms. The number of halogens is 1. The normalized spacial score (nSPS) is 14.1. The van der Waals surface area contributed by atoms with Crippen molar-refractivity contribution in [2.45, 2.75) is 32.8 Å². The summed E-state index contributed by atoms with van der Waals surface area (Å²) in [5.74, 6) is 1.06. The quantitative estimate of drug-likeness (QED) is 0.477. The van der Waals surface area contributed by atoms with Gasteiger partial charge in [0.05, 0.1) is 27.2 Å². The molecule has 0 spiro atoms. The Balaban J connectivity index is 1.46. The molecule has 1 atom stereocenters. The van der Waals surface area contributed by atoms with Crippen LogP contribution in [0.25, 0.3) is 11.1 Å². The molecule has 0 unspecified atom stereocenters. The number of rotatable bonds is 8. The Morgan fingerprint density at radius 2 is 1.80 bits per heavy atom. The lowest BCUT2D eigenvalue weighted by atomic mass is 9.95. The fourth-order valence-corrected chi connectivity index (χ4v) is 4.32. The van der Waals surface area contributed by atoms with Crippen molar-refractivity contribution in [2.75, 3.05) is 20.8 Å². The minimum absolute atomic E-state index is 0.133. The van der Waals surface area contributed by atoms with Gasteiger partial charge < -0.3 is 19.5 Å². The average Bonchev–Trinajstić information content (AvgIpc) is 3.25. The number of hydrogen-bond donors (Lipinski definition) is 1. The van der Waals surface area contributed by atoms with Crippen molar-refractivity contribution in [3.8, 4) is 28.4 Å². The fourth-order valence-electron chi connectivity index (χ4n) is 4.32. The molecule has 1 amide bonds. The minimum Gasteiger partial charge on any atom is -0.493 e. The highest BCUT2D eigenvalue weighted by Crippen LogP contribution is 2.41. The van der Waals surface area contributed by atoms with Crippen LogP contribution in [0.15, 0.2) is 48.5 Å². The van der Waals surface area contributed by atoms with Crippen molar-refractivity contribution in [3.63, 3.8) is 0 Å². The van der Waals surface area contributed by atoms with Crippen molar-refractivity contribution in [1.82, 2.24) is 5.32 Å². The third-order valence-electron chi connectivity index (χ3n) is 6.04. The molecule has 1 N–H and O–H groups in total. The first-order chi connectivity index (χ1) is 16.8. The number of benzene rings is 3. The summed E-state index contributed by atoms with van der Waals surface area (Å²) in [6.07, 6.45) is 0.501. The van der Waals surface area contributed by atoms with Crippen molar-refractivity contribution in [3.05, 3.63) is 76.6 Å². The molecule has 0 fully saturated rings. The number of amides is 1. The van der Waals surface area contributed by atoms with Gasteiger partial charge in [-0.15, -0.1) is 0 Å². The first-order valence-corrected chi connectivity index (χ1v) is 11.4. The van der Waals surface area contributed by atoms with E-state index in [-0.39, 0.29) is 24.2 Å². The molecule has 0 aromatic heterocycles. The van der Waals surface area contributed by atoms with E-state index in [2.05, 4.69) is 5.32 Å². The summed E-state index contributed by atoms with van der Waals surface area (Å²) in [6.45, 7) is 3.71. The molecule has 3 aromatic carbocycles. The number of methoxy groups -OCH3 is 2. The number of ketones is 1. The number of fused-ring (bicyclic) bond motifs is 1. The summed E-state index contributed by atoms with van der Waals surface area (Å²) >= 11 is 0. The van der Waals surface area contributed by atoms with Crippen LogP contribution >= 0.6 is 0 Å². The lowest BCUT2D eigenvalue weighted by Gasteiger charge is -2.15. The maximum Gasteiger partial charge on any atom is 0.224 e. The number of carbonyl (C=O) groups excluding carboxylic acids is 2. The standard InChI is InChI=1S/C28H28FNO5/c1-16-9-20-13-21(15-30-27(32)12-18-5-8-25(33-3)26(11-18)34-4)35-28(20)23(10-16)22-14-19(17(2)31)6-7-24(22)29/h5-11,14,21H,12-13,15H2,1-4H3,(H,30,32)/t21-/m0/s1. The second kappa shape index (κ2) is 10.2. The van der Waals surface area contributed by atoms with Crippen LogP contribution in [-0.2, 0) is 17.6 Å². The molecule has 6 nitrogen and oxygen atoms in total. The van der Waals surface area contributed by atoms with Gasteiger partial charge in [-0.3, -0.25) is 9.59 Å². The van der Waals surface area contributed by atoms with Crippen LogP contribution in [0.2, 0.25) is 0 Å². The van der Waals surface area contributed by atoms with Crippen molar-refractivity contribution >= 4 is 11.7 Å². The molecular formula is C28H28FNO5. The zero-order valence-electron chi connectivity index (χ0n) is 20.2. The van der Waals surface area contributed by atoms with E-state index in [0.717, 1.165) is 16.7 Å². The minimum atomic E-state index is -0.418. The van der Waals surface area contributed by atoms with Gasteiger partial charge in [0.15, 0.2) is 17.3 Å². The highest BCUT2D eigenvalue weighted by atomic mass is 19.1. The van der Waals surface area contributed by atoms with E-state index in [1.54, 1.807) is 32.4 Å². The molecule has 0 aliphatic carbocycles. The van der Waals surface area contributed by atoms with E-state index in [1.165, 1.54) is 19.1 Å². The number of hydrogen-bond acceptors (Lipinski definition) is 5. The molecule has 1 aliphatic heterocycles. The Kier molecular flexibility index (Phi) is 7.05. The van der Waals surface area contributed by atoms with E-state index in [9.17, 15) is 14.0 Å². The third-order valence-corrected chi connectivity index (χ3v) is 6.04. The van der Waals surface area contributed by atoms with E-state index < -0.39 is 5.82 Å². The lowest BCUT2D eigenvalue weighted by molar-refractivity contribution is -0.120. The molecule has 3 aromatic rings. The summed E-state index contributed by atoms with van der Waals surface area (Å²) in [7, 11) is 3.11. The van der Waals surface area contributed by atoms with E-state index in [4.69, 9.17) is 14.2 Å². The Hall–Kier alpha value is -3.87. The number of Topliss-reactive ketones (excluding diaryl/α,β-unsaturated/α-hetero) is 1. The largest absolute Gasteiger partial charge is 0.493 e. The van der Waals surface area contributed by atoms with Crippen LogP contribution in [-0.4, -0.2) is 38.6 Å². The molecule has 1 aliphatic rings. The fraction of sp³-hybridized carbons (Fsp3) is 0.286. The summed E-state index contributed by atoms with van der Waals surface area (Å²) < 4.78 is 31.4. The van der Waals surface area contributed by atoms with E-state index >= 15 is 0 Å². The Morgan fingerprint density at radius 1 is 1.03 bits per heavy atom. The molecule has 4 rings (SSSR count). The summed E-state index contributed by atoms with van der Waals surface area (Å²) in [5.41, 5.74) is 4.10. The van der Waals surface area contributed by atoms with Crippen LogP contribution in [0.5, 0.6) is 17.2 Å². The molecule has 0 radical (unpaired) electrons. The second-order valence-corrected chi connectivity index (χ2v) is 8.67. The van der Waals surface area contributed by atoms with Crippen LogP contribution in [0.4, 0.5) is 4.39 Å². The molecule has 35 heavy (non-hydrogen) atoms. The van der Waals surface area contributed by atoms with Gasteiger partial charge in [-0.05, 0) is 66.9 Å². The maximum atomic E-state index is 14.7. The number of ether oxygens (including phenoxy) is 3. The predicted octanol–water partition coefficient (Wildman–Crippen LogP) is 4.68. The summed E-state index contributed by atoms with van der Waals surface area (Å²) in [5, 5.41) is 2.93. The Labute approximate surface area is 204 Å². The lowest BCUT2D eigenvalue weighted by Crippen LogP contribution is -2.35. The van der Waals surface area contributed by atoms with Gasteiger partial charge >= 0.3 is 0 Å². The van der Waals surface area contributed by atoms with Gasteiger partial charge in [-0.1, -0.05) is 12.1 Å². The van der Waals surface area contributed by atoms with Crippen LogP contribution in [0, 0.1) is 12.7 Å². The first kappa shape index (κ1) is 24.3. The average molecular weight is 478 g/mol. The Bertz CT molecular complexity index is 1290. The predicted molar refractivity (Wildman–Crippen MR) is 131 cm³/mol. The smallest absolute Gasteiger partial charge is 0.224 e. The maximum absolute atomic E-state index is 14.7. The van der Waals surface area contributed by atoms with Crippen LogP contribution < -0.4 is 19.5 Å². The van der Waals surface area contributed by atoms with E-state index in [1.807, 2.05) is 25.1 Å². The second-order valence-electron chi connectivity index (χ2n) is 8.67. The van der Waals surface area contributed by atoms with Crippen LogP contribution in [0.1, 0.15) is 34.0 Å². The Morgan fingerprint density at radius 3 is 2.51 bits per heavy atom. The summed E-state index contributed by atoms with van der Waals surface area (Å²) in [6, 6.07) is 13.6. The highest BCUT2D eigenvalue weighted by Gasteiger charge is 2.28. The molecule has 182 valence electrons. The number of carbonyl (C=O) groups is 2. The first-order valence-electron chi connectivity index (χ1n) is 11.4. The highest BCUT2D eigenvalue weighted by molar-refractivity contribution is 5.95. The van der Waals surface area contributed by atoms with Gasteiger partial charge in [0, 0.05) is 23.1 Å².